The van der Waals surface area contributed by atoms with Crippen LogP contribution in [0, 0.1) is 17.0 Å². The summed E-state index contributed by atoms with van der Waals surface area (Å²) >= 11 is 0. The van der Waals surface area contributed by atoms with Crippen LogP contribution in [0.2, 0.25) is 0 Å². The van der Waals surface area contributed by atoms with E-state index in [1.54, 1.807) is 25.1 Å². The van der Waals surface area contributed by atoms with E-state index < -0.39 is 4.92 Å². The smallest absolute Gasteiger partial charge is 0.280 e. The van der Waals surface area contributed by atoms with Crippen molar-refractivity contribution in [2.24, 2.45) is 0 Å². The molecule has 82 valence electrons. The number of para-hydroxylation sites is 1. The van der Waals surface area contributed by atoms with Crippen LogP contribution in [-0.2, 0) is 0 Å². The molecule has 0 saturated heterocycles. The first kappa shape index (κ1) is 10.2. The minimum atomic E-state index is -0.465. The molecule has 0 atom stereocenters. The third kappa shape index (κ3) is 1.50. The van der Waals surface area contributed by atoms with E-state index in [9.17, 15) is 10.1 Å². The maximum Gasteiger partial charge on any atom is 0.280 e. The summed E-state index contributed by atoms with van der Waals surface area (Å²) in [7, 11) is 0. The van der Waals surface area contributed by atoms with E-state index in [0.717, 1.165) is 0 Å². The zero-order chi connectivity index (χ0) is 11.7. The Kier molecular flexibility index (Phi) is 2.32. The summed E-state index contributed by atoms with van der Waals surface area (Å²) in [5.41, 5.74) is 6.49. The molecule has 0 unspecified atom stereocenters. The fourth-order valence-corrected chi connectivity index (χ4v) is 1.42. The second-order valence-corrected chi connectivity index (χ2v) is 3.30. The fraction of sp³-hybridized carbons (Fsp3) is 0.100. The van der Waals surface area contributed by atoms with Crippen LogP contribution >= 0.6 is 0 Å². The van der Waals surface area contributed by atoms with Crippen molar-refractivity contribution < 1.29 is 9.45 Å². The van der Waals surface area contributed by atoms with Crippen LogP contribution in [0.4, 0.5) is 11.5 Å². The predicted molar refractivity (Wildman–Crippen MR) is 57.7 cm³/mol. The Labute approximate surface area is 90.8 Å². The normalized spacial score (nSPS) is 10.3. The van der Waals surface area contributed by atoms with Gasteiger partial charge in [0.1, 0.15) is 0 Å². The number of nitro groups is 1. The monoisotopic (exact) mass is 219 g/mol. The zero-order valence-corrected chi connectivity index (χ0v) is 8.51. The maximum atomic E-state index is 10.8. The highest BCUT2D eigenvalue weighted by atomic mass is 16.6. The molecule has 0 spiro atoms. The number of nitrogens with two attached hydrogens (primary N) is 1. The van der Waals surface area contributed by atoms with E-state index in [0.29, 0.717) is 16.9 Å². The van der Waals surface area contributed by atoms with E-state index in [2.05, 4.69) is 5.16 Å². The summed E-state index contributed by atoms with van der Waals surface area (Å²) < 4.78 is 4.99. The van der Waals surface area contributed by atoms with E-state index in [-0.39, 0.29) is 11.5 Å². The molecular weight excluding hydrogens is 210 g/mol. The summed E-state index contributed by atoms with van der Waals surface area (Å²) in [6.07, 6.45) is 0. The molecular formula is C10H9N3O3. The average Bonchev–Trinajstić information content (AvgIpc) is 2.60. The van der Waals surface area contributed by atoms with Gasteiger partial charge >= 0.3 is 0 Å². The second kappa shape index (κ2) is 3.65. The third-order valence-electron chi connectivity index (χ3n) is 2.31. The molecule has 2 N–H and O–H groups in total. The Morgan fingerprint density at radius 1 is 1.44 bits per heavy atom. The zero-order valence-electron chi connectivity index (χ0n) is 8.51. The van der Waals surface area contributed by atoms with Crippen molar-refractivity contribution in [2.45, 2.75) is 6.92 Å². The SMILES string of the molecule is Cc1c(N)noc1-c1ccccc1[N+](=O)[O-]. The molecule has 0 fully saturated rings. The molecule has 16 heavy (non-hydrogen) atoms. The number of benzene rings is 1. The van der Waals surface area contributed by atoms with Gasteiger partial charge < -0.3 is 10.3 Å². The lowest BCUT2D eigenvalue weighted by Gasteiger charge is -1.98. The molecule has 0 amide bonds. The topological polar surface area (TPSA) is 95.2 Å². The summed E-state index contributed by atoms with van der Waals surface area (Å²) in [5.74, 6) is 0.581. The lowest BCUT2D eigenvalue weighted by atomic mass is 10.1. The van der Waals surface area contributed by atoms with Crippen molar-refractivity contribution in [1.82, 2.24) is 5.16 Å². The van der Waals surface area contributed by atoms with Crippen molar-refractivity contribution in [1.29, 1.82) is 0 Å². The highest BCUT2D eigenvalue weighted by Crippen LogP contribution is 2.33. The number of hydrogen-bond donors (Lipinski definition) is 1. The number of aromatic nitrogens is 1. The fourth-order valence-electron chi connectivity index (χ4n) is 1.42. The molecule has 1 heterocycles. The molecule has 2 rings (SSSR count). The minimum absolute atomic E-state index is 0.0262. The largest absolute Gasteiger partial charge is 0.381 e. The minimum Gasteiger partial charge on any atom is -0.381 e. The molecule has 2 aromatic rings. The first-order valence-corrected chi connectivity index (χ1v) is 4.57. The number of rotatable bonds is 2. The molecule has 0 aliphatic carbocycles. The molecule has 0 saturated carbocycles. The number of anilines is 1. The Hall–Kier alpha value is -2.37. The van der Waals surface area contributed by atoms with Crippen LogP contribution in [-0.4, -0.2) is 10.1 Å². The summed E-state index contributed by atoms with van der Waals surface area (Å²) in [5, 5.41) is 14.4. The molecule has 6 nitrogen and oxygen atoms in total. The predicted octanol–water partition coefficient (Wildman–Crippen LogP) is 2.14. The van der Waals surface area contributed by atoms with Crippen molar-refractivity contribution in [3.63, 3.8) is 0 Å². The first-order chi connectivity index (χ1) is 7.61. The van der Waals surface area contributed by atoms with E-state index in [1.165, 1.54) is 6.07 Å². The van der Waals surface area contributed by atoms with Crippen molar-refractivity contribution in [2.75, 3.05) is 5.73 Å². The van der Waals surface area contributed by atoms with Gasteiger partial charge in [-0.05, 0) is 13.0 Å². The summed E-state index contributed by atoms with van der Waals surface area (Å²) in [6.45, 7) is 1.71. The first-order valence-electron chi connectivity index (χ1n) is 4.57. The van der Waals surface area contributed by atoms with Gasteiger partial charge in [0.2, 0.25) is 0 Å². The highest BCUT2D eigenvalue weighted by molar-refractivity contribution is 5.73. The van der Waals surface area contributed by atoms with E-state index >= 15 is 0 Å². The third-order valence-corrected chi connectivity index (χ3v) is 2.31. The quantitative estimate of drug-likeness (QED) is 0.616. The van der Waals surface area contributed by atoms with Crippen LogP contribution < -0.4 is 5.73 Å². The molecule has 0 bridgehead atoms. The van der Waals surface area contributed by atoms with Crippen molar-refractivity contribution >= 4 is 11.5 Å². The Morgan fingerprint density at radius 3 is 2.69 bits per heavy atom. The van der Waals surface area contributed by atoms with Gasteiger partial charge in [-0.1, -0.05) is 17.3 Å². The lowest BCUT2D eigenvalue weighted by molar-refractivity contribution is -0.384. The maximum absolute atomic E-state index is 10.8. The van der Waals surface area contributed by atoms with Crippen LogP contribution in [0.3, 0.4) is 0 Å². The van der Waals surface area contributed by atoms with E-state index in [4.69, 9.17) is 10.3 Å². The molecule has 1 aromatic carbocycles. The van der Waals surface area contributed by atoms with E-state index in [1.807, 2.05) is 0 Å². The van der Waals surface area contributed by atoms with Crippen LogP contribution in [0.5, 0.6) is 0 Å². The van der Waals surface area contributed by atoms with Gasteiger partial charge in [0.25, 0.3) is 5.69 Å². The van der Waals surface area contributed by atoms with Gasteiger partial charge in [0.05, 0.1) is 10.5 Å². The van der Waals surface area contributed by atoms with Crippen LogP contribution in [0.15, 0.2) is 28.8 Å². The number of nitro benzene ring substituents is 1. The van der Waals surface area contributed by atoms with Crippen LogP contribution in [0.25, 0.3) is 11.3 Å². The highest BCUT2D eigenvalue weighted by Gasteiger charge is 2.20. The van der Waals surface area contributed by atoms with Gasteiger partial charge in [0, 0.05) is 11.6 Å². The lowest BCUT2D eigenvalue weighted by Crippen LogP contribution is -1.92. The molecule has 0 aliphatic rings. The summed E-state index contributed by atoms with van der Waals surface area (Å²) in [6, 6.07) is 6.30. The Morgan fingerprint density at radius 2 is 2.12 bits per heavy atom. The van der Waals surface area contributed by atoms with Crippen molar-refractivity contribution in [3.05, 3.63) is 39.9 Å². The van der Waals surface area contributed by atoms with Gasteiger partial charge in [-0.15, -0.1) is 0 Å². The number of nitrogens with zero attached hydrogens (tertiary/aromatic N) is 2. The van der Waals surface area contributed by atoms with Gasteiger partial charge in [-0.3, -0.25) is 10.1 Å². The van der Waals surface area contributed by atoms with Gasteiger partial charge in [0.15, 0.2) is 11.6 Å². The average molecular weight is 219 g/mol. The summed E-state index contributed by atoms with van der Waals surface area (Å²) in [4.78, 5) is 10.4. The van der Waals surface area contributed by atoms with Crippen LogP contribution in [0.1, 0.15) is 5.56 Å². The standard InChI is InChI=1S/C10H9N3O3/c1-6-9(16-12-10(6)11)7-4-2-3-5-8(7)13(14)15/h2-5H,1H3,(H2,11,12). The molecule has 0 radical (unpaired) electrons. The van der Waals surface area contributed by atoms with Gasteiger partial charge in [-0.2, -0.15) is 0 Å². The molecule has 0 aliphatic heterocycles. The van der Waals surface area contributed by atoms with Gasteiger partial charge in [-0.25, -0.2) is 0 Å². The van der Waals surface area contributed by atoms with Crippen molar-refractivity contribution in [3.8, 4) is 11.3 Å². The molecule has 1 aromatic heterocycles. The number of nitrogen functional groups attached to an aromatic ring is 1. The molecule has 6 heteroatoms. The second-order valence-electron chi connectivity index (χ2n) is 3.30. The number of hydrogen-bond acceptors (Lipinski definition) is 5. The Balaban J connectivity index is 2.64. The Bertz CT molecular complexity index is 548.